The molecule has 0 radical (unpaired) electrons. The van der Waals surface area contributed by atoms with Gasteiger partial charge >= 0.3 is 6.03 Å². The summed E-state index contributed by atoms with van der Waals surface area (Å²) < 4.78 is 8.08. The van der Waals surface area contributed by atoms with Gasteiger partial charge in [-0.25, -0.2) is 14.8 Å². The Bertz CT molecular complexity index is 1180. The zero-order chi connectivity index (χ0) is 21.7. The fourth-order valence-corrected chi connectivity index (χ4v) is 5.17. The number of amides is 2. The first-order valence-electron chi connectivity index (χ1n) is 11.2. The Morgan fingerprint density at radius 2 is 2.19 bits per heavy atom. The highest BCUT2D eigenvalue weighted by molar-refractivity contribution is 6.03. The molecule has 2 fully saturated rings. The average Bonchev–Trinajstić information content (AvgIpc) is 3.50. The number of rotatable bonds is 2. The van der Waals surface area contributed by atoms with Gasteiger partial charge in [-0.15, -0.1) is 0 Å². The number of imidazole rings is 1. The summed E-state index contributed by atoms with van der Waals surface area (Å²) in [5, 5.41) is 6.49. The maximum atomic E-state index is 13.1. The minimum atomic E-state index is -0.165. The van der Waals surface area contributed by atoms with Crippen LogP contribution in [0.25, 0.3) is 5.65 Å². The quantitative estimate of drug-likeness (QED) is 0.644. The number of carbonyl (C=O) groups is 1. The number of morpholine rings is 1. The second-order valence-corrected chi connectivity index (χ2v) is 8.91. The van der Waals surface area contributed by atoms with Gasteiger partial charge in [0, 0.05) is 62.6 Å². The molecule has 3 aromatic rings. The Balaban J connectivity index is 1.21. The lowest BCUT2D eigenvalue weighted by atomic mass is 10.0. The lowest BCUT2D eigenvalue weighted by Crippen LogP contribution is -2.51. The van der Waals surface area contributed by atoms with E-state index in [2.05, 4.69) is 31.6 Å². The fourth-order valence-electron chi connectivity index (χ4n) is 5.17. The van der Waals surface area contributed by atoms with Crippen LogP contribution in [0, 0.1) is 6.92 Å². The third-order valence-corrected chi connectivity index (χ3v) is 6.71. The Labute approximate surface area is 186 Å². The standard InChI is InChI=1S/C23H27N7O2/c1-16-12-29-13-17(2-3-20(29)26-16)27-22(31)30-9-5-18-19(4-7-25-21(18)30)28-10-6-23(15-28)14-24-8-11-32-23/h2-4,7,12-13,24H,5-6,8-11,14-15H2,1H3,(H,27,31). The highest BCUT2D eigenvalue weighted by Gasteiger charge is 2.42. The maximum Gasteiger partial charge on any atom is 0.327 e. The van der Waals surface area contributed by atoms with Crippen LogP contribution in [0.4, 0.5) is 22.0 Å². The second-order valence-electron chi connectivity index (χ2n) is 8.91. The van der Waals surface area contributed by atoms with Crippen LogP contribution in [0.2, 0.25) is 0 Å². The van der Waals surface area contributed by atoms with Gasteiger partial charge in [0.2, 0.25) is 0 Å². The first kappa shape index (κ1) is 19.5. The second kappa shape index (κ2) is 7.46. The van der Waals surface area contributed by atoms with E-state index in [0.29, 0.717) is 6.54 Å². The van der Waals surface area contributed by atoms with Crippen LogP contribution >= 0.6 is 0 Å². The van der Waals surface area contributed by atoms with Crippen molar-refractivity contribution in [3.05, 3.63) is 48.0 Å². The molecule has 9 nitrogen and oxygen atoms in total. The van der Waals surface area contributed by atoms with Crippen molar-refractivity contribution in [2.45, 2.75) is 25.4 Å². The first-order valence-corrected chi connectivity index (χ1v) is 11.2. The monoisotopic (exact) mass is 433 g/mol. The van der Waals surface area contributed by atoms with Gasteiger partial charge in [-0.05, 0) is 38.0 Å². The number of carbonyl (C=O) groups excluding carboxylic acids is 1. The van der Waals surface area contributed by atoms with Crippen LogP contribution in [0.15, 0.2) is 36.8 Å². The Morgan fingerprint density at radius 1 is 1.25 bits per heavy atom. The smallest absolute Gasteiger partial charge is 0.327 e. The fraction of sp³-hybridized carbons (Fsp3) is 0.435. The lowest BCUT2D eigenvalue weighted by Gasteiger charge is -2.34. The van der Waals surface area contributed by atoms with Crippen LogP contribution in [0.5, 0.6) is 0 Å². The molecule has 1 atom stereocenters. The number of hydrogen-bond donors (Lipinski definition) is 2. The van der Waals surface area contributed by atoms with Crippen LogP contribution in [-0.4, -0.2) is 65.3 Å². The predicted octanol–water partition coefficient (Wildman–Crippen LogP) is 2.20. The number of nitrogens with zero attached hydrogens (tertiary/aromatic N) is 5. The van der Waals surface area contributed by atoms with Gasteiger partial charge in [0.1, 0.15) is 11.5 Å². The molecule has 2 amide bonds. The molecule has 1 unspecified atom stereocenters. The van der Waals surface area contributed by atoms with Crippen molar-refractivity contribution in [1.29, 1.82) is 0 Å². The summed E-state index contributed by atoms with van der Waals surface area (Å²) in [4.78, 5) is 26.2. The molecule has 6 heterocycles. The van der Waals surface area contributed by atoms with Crippen molar-refractivity contribution in [2.24, 2.45) is 0 Å². The molecule has 2 saturated heterocycles. The SMILES string of the molecule is Cc1cn2cc(NC(=O)N3CCc4c(N5CCC6(CNCCO6)C5)ccnc43)ccc2n1. The van der Waals surface area contributed by atoms with E-state index in [1.54, 1.807) is 4.90 Å². The zero-order valence-corrected chi connectivity index (χ0v) is 18.2. The van der Waals surface area contributed by atoms with Crippen LogP contribution in [0.1, 0.15) is 17.7 Å². The highest BCUT2D eigenvalue weighted by Crippen LogP contribution is 2.38. The van der Waals surface area contributed by atoms with Crippen molar-refractivity contribution in [3.63, 3.8) is 0 Å². The van der Waals surface area contributed by atoms with Crippen LogP contribution in [0.3, 0.4) is 0 Å². The third-order valence-electron chi connectivity index (χ3n) is 6.71. The van der Waals surface area contributed by atoms with Crippen molar-refractivity contribution in [1.82, 2.24) is 19.7 Å². The molecule has 0 saturated carbocycles. The third kappa shape index (κ3) is 3.28. The van der Waals surface area contributed by atoms with Gasteiger partial charge in [-0.3, -0.25) is 4.90 Å². The lowest BCUT2D eigenvalue weighted by molar-refractivity contribution is -0.0496. The number of pyridine rings is 2. The number of hydrogen-bond acceptors (Lipinski definition) is 6. The molecule has 3 aliphatic heterocycles. The summed E-state index contributed by atoms with van der Waals surface area (Å²) in [6.07, 6.45) is 7.45. The number of ether oxygens (including phenoxy) is 1. The molecule has 3 aliphatic rings. The van der Waals surface area contributed by atoms with E-state index in [9.17, 15) is 4.79 Å². The van der Waals surface area contributed by atoms with Crippen molar-refractivity contribution in [3.8, 4) is 0 Å². The van der Waals surface area contributed by atoms with Gasteiger partial charge in [-0.1, -0.05) is 0 Å². The Morgan fingerprint density at radius 3 is 3.06 bits per heavy atom. The number of anilines is 3. The highest BCUT2D eigenvalue weighted by atomic mass is 16.5. The number of urea groups is 1. The van der Waals surface area contributed by atoms with E-state index in [-0.39, 0.29) is 11.6 Å². The molecule has 166 valence electrons. The molecular formula is C23H27N7O2. The first-order chi connectivity index (χ1) is 15.6. The topological polar surface area (TPSA) is 87.0 Å². The number of aryl methyl sites for hydroxylation is 1. The molecule has 6 rings (SSSR count). The number of aromatic nitrogens is 3. The molecule has 0 aliphatic carbocycles. The van der Waals surface area contributed by atoms with Gasteiger partial charge in [0.15, 0.2) is 0 Å². The van der Waals surface area contributed by atoms with E-state index >= 15 is 0 Å². The summed E-state index contributed by atoms with van der Waals surface area (Å²) >= 11 is 0. The van der Waals surface area contributed by atoms with Gasteiger partial charge in [0.05, 0.1) is 23.6 Å². The Hall–Kier alpha value is -3.17. The minimum absolute atomic E-state index is 0.103. The molecule has 32 heavy (non-hydrogen) atoms. The normalized spacial score (nSPS) is 22.7. The van der Waals surface area contributed by atoms with Crippen LogP contribution < -0.4 is 20.4 Å². The van der Waals surface area contributed by atoms with Crippen LogP contribution in [-0.2, 0) is 11.2 Å². The number of fused-ring (bicyclic) bond motifs is 2. The molecule has 9 heteroatoms. The zero-order valence-electron chi connectivity index (χ0n) is 18.2. The van der Waals surface area contributed by atoms with Gasteiger partial charge in [0.25, 0.3) is 0 Å². The molecular weight excluding hydrogens is 406 g/mol. The summed E-state index contributed by atoms with van der Waals surface area (Å²) in [5.41, 5.74) is 4.74. The minimum Gasteiger partial charge on any atom is -0.370 e. The van der Waals surface area contributed by atoms with E-state index in [0.717, 1.165) is 74.0 Å². The average molecular weight is 434 g/mol. The summed E-state index contributed by atoms with van der Waals surface area (Å²) in [5.74, 6) is 0.753. The van der Waals surface area contributed by atoms with Crippen molar-refractivity contribution < 1.29 is 9.53 Å². The van der Waals surface area contributed by atoms with E-state index in [1.165, 1.54) is 5.69 Å². The molecule has 3 aromatic heterocycles. The largest absolute Gasteiger partial charge is 0.370 e. The number of nitrogens with one attached hydrogen (secondary N) is 2. The van der Waals surface area contributed by atoms with Gasteiger partial charge in [-0.2, -0.15) is 0 Å². The van der Waals surface area contributed by atoms with E-state index in [4.69, 9.17) is 4.74 Å². The van der Waals surface area contributed by atoms with Crippen molar-refractivity contribution in [2.75, 3.05) is 54.4 Å². The molecule has 0 aromatic carbocycles. The summed E-state index contributed by atoms with van der Waals surface area (Å²) in [6, 6.07) is 5.69. The van der Waals surface area contributed by atoms with E-state index in [1.807, 2.05) is 42.0 Å². The maximum absolute atomic E-state index is 13.1. The van der Waals surface area contributed by atoms with Gasteiger partial charge < -0.3 is 24.7 Å². The summed E-state index contributed by atoms with van der Waals surface area (Å²) in [7, 11) is 0. The Kier molecular flexibility index (Phi) is 4.55. The van der Waals surface area contributed by atoms with E-state index < -0.39 is 0 Å². The summed E-state index contributed by atoms with van der Waals surface area (Å²) in [6.45, 7) is 6.97. The predicted molar refractivity (Wildman–Crippen MR) is 123 cm³/mol. The molecule has 1 spiro atoms. The van der Waals surface area contributed by atoms with Crippen molar-refractivity contribution >= 4 is 28.9 Å². The molecule has 0 bridgehead atoms. The molecule has 2 N–H and O–H groups in total.